The number of urea groups is 1. The van der Waals surface area contributed by atoms with E-state index in [9.17, 15) is 9.59 Å². The van der Waals surface area contributed by atoms with E-state index in [1.54, 1.807) is 6.21 Å². The zero-order valence-electron chi connectivity index (χ0n) is 15.6. The number of carbonyl (C=O) groups is 2. The molecule has 6 nitrogen and oxygen atoms in total. The lowest BCUT2D eigenvalue weighted by atomic mass is 9.96. The third-order valence-corrected chi connectivity index (χ3v) is 4.93. The predicted molar refractivity (Wildman–Crippen MR) is 104 cm³/mol. The fourth-order valence-corrected chi connectivity index (χ4v) is 3.43. The largest absolute Gasteiger partial charge is 0.461 e. The molecule has 1 aromatic carbocycles. The Morgan fingerprint density at radius 1 is 1.15 bits per heavy atom. The van der Waals surface area contributed by atoms with Gasteiger partial charge in [0.15, 0.2) is 0 Å². The molecule has 27 heavy (non-hydrogen) atoms. The third-order valence-electron chi connectivity index (χ3n) is 4.93. The van der Waals surface area contributed by atoms with E-state index in [1.807, 2.05) is 18.2 Å². The molecule has 3 rings (SSSR count). The SMILES string of the molecule is O=C(OCCCc1ccccc1)C1=CN=CCN1C(=O)NC1CCCCC1. The molecule has 0 bridgehead atoms. The first kappa shape index (κ1) is 19.1. The standard InChI is InChI=1S/C21H27N3O3/c25-20(27-15-7-10-17-8-3-1-4-9-17)19-16-22-13-14-24(19)21(26)23-18-11-5-2-6-12-18/h1,3-4,8-9,13,16,18H,2,5-7,10-12,14-15H2,(H,23,26). The van der Waals surface area contributed by atoms with Crippen LogP contribution in [0.5, 0.6) is 0 Å². The molecule has 1 heterocycles. The Labute approximate surface area is 160 Å². The summed E-state index contributed by atoms with van der Waals surface area (Å²) in [4.78, 5) is 30.5. The molecule has 1 saturated carbocycles. The van der Waals surface area contributed by atoms with Gasteiger partial charge in [0.25, 0.3) is 0 Å². The van der Waals surface area contributed by atoms with Gasteiger partial charge in [-0.1, -0.05) is 49.6 Å². The van der Waals surface area contributed by atoms with E-state index >= 15 is 0 Å². The second kappa shape index (κ2) is 9.90. The van der Waals surface area contributed by atoms with Crippen LogP contribution in [0.3, 0.4) is 0 Å². The van der Waals surface area contributed by atoms with Gasteiger partial charge in [-0.25, -0.2) is 9.59 Å². The van der Waals surface area contributed by atoms with Crippen molar-refractivity contribution in [3.05, 3.63) is 47.8 Å². The van der Waals surface area contributed by atoms with Gasteiger partial charge in [0.1, 0.15) is 5.70 Å². The van der Waals surface area contributed by atoms with E-state index in [4.69, 9.17) is 4.74 Å². The quantitative estimate of drug-likeness (QED) is 0.617. The molecular formula is C21H27N3O3. The van der Waals surface area contributed by atoms with Gasteiger partial charge in [0, 0.05) is 12.3 Å². The lowest BCUT2D eigenvalue weighted by Crippen LogP contribution is -2.47. The Balaban J connectivity index is 1.48. The normalized spacial score (nSPS) is 17.3. The number of amides is 2. The molecule has 0 saturated heterocycles. The Morgan fingerprint density at radius 2 is 1.93 bits per heavy atom. The molecule has 0 radical (unpaired) electrons. The summed E-state index contributed by atoms with van der Waals surface area (Å²) < 4.78 is 5.37. The van der Waals surface area contributed by atoms with E-state index in [2.05, 4.69) is 22.4 Å². The first-order valence-electron chi connectivity index (χ1n) is 9.75. The number of hydrogen-bond donors (Lipinski definition) is 1. The van der Waals surface area contributed by atoms with Crippen molar-refractivity contribution in [2.24, 2.45) is 4.99 Å². The van der Waals surface area contributed by atoms with Crippen LogP contribution in [0.1, 0.15) is 44.1 Å². The number of aliphatic imine (C=N–C) groups is 1. The number of esters is 1. The maximum Gasteiger partial charge on any atom is 0.356 e. The van der Waals surface area contributed by atoms with E-state index in [0.717, 1.165) is 38.5 Å². The summed E-state index contributed by atoms with van der Waals surface area (Å²) in [5.74, 6) is -0.501. The summed E-state index contributed by atoms with van der Waals surface area (Å²) in [5.41, 5.74) is 1.41. The highest BCUT2D eigenvalue weighted by molar-refractivity contribution is 5.95. The van der Waals surface area contributed by atoms with Crippen molar-refractivity contribution in [1.82, 2.24) is 10.2 Å². The van der Waals surface area contributed by atoms with Crippen LogP contribution in [0.25, 0.3) is 0 Å². The zero-order valence-corrected chi connectivity index (χ0v) is 15.6. The lowest BCUT2D eigenvalue weighted by molar-refractivity contribution is -0.140. The summed E-state index contributed by atoms with van der Waals surface area (Å²) in [6, 6.07) is 10.0. The van der Waals surface area contributed by atoms with Crippen molar-refractivity contribution in [2.75, 3.05) is 13.2 Å². The minimum absolute atomic E-state index is 0.188. The zero-order chi connectivity index (χ0) is 18.9. The van der Waals surface area contributed by atoms with Crippen LogP contribution in [0.4, 0.5) is 4.79 Å². The van der Waals surface area contributed by atoms with Crippen LogP contribution in [0.2, 0.25) is 0 Å². The number of nitrogens with zero attached hydrogens (tertiary/aromatic N) is 2. The van der Waals surface area contributed by atoms with E-state index in [-0.39, 0.29) is 24.3 Å². The molecule has 144 valence electrons. The van der Waals surface area contributed by atoms with Gasteiger partial charge in [-0.2, -0.15) is 0 Å². The van der Waals surface area contributed by atoms with E-state index in [0.29, 0.717) is 6.61 Å². The van der Waals surface area contributed by atoms with Gasteiger partial charge >= 0.3 is 12.0 Å². The summed E-state index contributed by atoms with van der Waals surface area (Å²) in [5, 5.41) is 3.04. The molecular weight excluding hydrogens is 342 g/mol. The highest BCUT2D eigenvalue weighted by atomic mass is 16.5. The molecule has 2 amide bonds. The fraction of sp³-hybridized carbons (Fsp3) is 0.476. The molecule has 0 unspecified atom stereocenters. The number of nitrogens with one attached hydrogen (secondary N) is 1. The Bertz CT molecular complexity index is 694. The summed E-state index contributed by atoms with van der Waals surface area (Å²) in [7, 11) is 0. The van der Waals surface area contributed by atoms with Crippen LogP contribution >= 0.6 is 0 Å². The van der Waals surface area contributed by atoms with Crippen LogP contribution in [-0.2, 0) is 16.0 Å². The second-order valence-corrected chi connectivity index (χ2v) is 6.97. The van der Waals surface area contributed by atoms with Crippen molar-refractivity contribution in [3.63, 3.8) is 0 Å². The lowest BCUT2D eigenvalue weighted by Gasteiger charge is -2.29. The van der Waals surface area contributed by atoms with Gasteiger partial charge in [0.05, 0.1) is 19.4 Å². The topological polar surface area (TPSA) is 71.0 Å². The number of aryl methyl sites for hydroxylation is 1. The molecule has 1 aliphatic carbocycles. The molecule has 6 heteroatoms. The van der Waals surface area contributed by atoms with Gasteiger partial charge in [-0.15, -0.1) is 0 Å². The molecule has 0 aromatic heterocycles. The van der Waals surface area contributed by atoms with Crippen LogP contribution in [-0.4, -0.2) is 42.3 Å². The minimum Gasteiger partial charge on any atom is -0.461 e. The van der Waals surface area contributed by atoms with Crippen molar-refractivity contribution >= 4 is 18.2 Å². The van der Waals surface area contributed by atoms with E-state index in [1.165, 1.54) is 23.1 Å². The van der Waals surface area contributed by atoms with Crippen molar-refractivity contribution in [1.29, 1.82) is 0 Å². The highest BCUT2D eigenvalue weighted by Crippen LogP contribution is 2.19. The maximum atomic E-state index is 12.6. The van der Waals surface area contributed by atoms with Gasteiger partial charge in [-0.3, -0.25) is 9.89 Å². The fourth-order valence-electron chi connectivity index (χ4n) is 3.43. The molecule has 1 N–H and O–H groups in total. The summed E-state index contributed by atoms with van der Waals surface area (Å²) in [6.45, 7) is 0.594. The minimum atomic E-state index is -0.501. The van der Waals surface area contributed by atoms with Gasteiger partial charge < -0.3 is 10.1 Å². The number of benzene rings is 1. The Kier molecular flexibility index (Phi) is 7.02. The molecule has 1 aromatic rings. The molecule has 0 spiro atoms. The van der Waals surface area contributed by atoms with Crippen LogP contribution < -0.4 is 5.32 Å². The molecule has 1 fully saturated rings. The highest BCUT2D eigenvalue weighted by Gasteiger charge is 2.27. The van der Waals surface area contributed by atoms with Gasteiger partial charge in [0.2, 0.25) is 0 Å². The first-order chi connectivity index (χ1) is 13.2. The molecule has 1 aliphatic heterocycles. The van der Waals surface area contributed by atoms with Crippen molar-refractivity contribution < 1.29 is 14.3 Å². The van der Waals surface area contributed by atoms with Crippen molar-refractivity contribution in [2.45, 2.75) is 51.0 Å². The predicted octanol–water partition coefficient (Wildman–Crippen LogP) is 3.43. The van der Waals surface area contributed by atoms with Gasteiger partial charge in [-0.05, 0) is 31.2 Å². The average Bonchev–Trinajstić information content (AvgIpc) is 2.72. The first-order valence-corrected chi connectivity index (χ1v) is 9.75. The number of carbonyl (C=O) groups excluding carboxylic acids is 2. The number of hydrogen-bond acceptors (Lipinski definition) is 4. The Hall–Kier alpha value is -2.63. The number of ether oxygens (including phenoxy) is 1. The Morgan fingerprint density at radius 3 is 2.70 bits per heavy atom. The third kappa shape index (κ3) is 5.67. The monoisotopic (exact) mass is 369 g/mol. The number of rotatable bonds is 6. The van der Waals surface area contributed by atoms with Crippen molar-refractivity contribution in [3.8, 4) is 0 Å². The maximum absolute atomic E-state index is 12.6. The summed E-state index contributed by atoms with van der Waals surface area (Å²) in [6.07, 6.45) is 10.1. The molecule has 2 aliphatic rings. The molecule has 0 atom stereocenters. The van der Waals surface area contributed by atoms with E-state index < -0.39 is 5.97 Å². The van der Waals surface area contributed by atoms with Crippen LogP contribution in [0, 0.1) is 0 Å². The summed E-state index contributed by atoms with van der Waals surface area (Å²) >= 11 is 0. The van der Waals surface area contributed by atoms with Crippen LogP contribution in [0.15, 0.2) is 47.2 Å². The second-order valence-electron chi connectivity index (χ2n) is 6.97. The smallest absolute Gasteiger partial charge is 0.356 e. The average molecular weight is 369 g/mol.